The third kappa shape index (κ3) is 8.33. The van der Waals surface area contributed by atoms with Crippen molar-refractivity contribution in [2.45, 2.75) is 46.2 Å². The molecule has 10 heteroatoms. The minimum Gasteiger partial charge on any atom is -0.464 e. The van der Waals surface area contributed by atoms with E-state index in [1.165, 1.54) is 23.8 Å². The molecule has 1 atom stereocenters. The number of likely N-dealkylation sites (tertiary alicyclic amines) is 1. The van der Waals surface area contributed by atoms with Gasteiger partial charge in [-0.1, -0.05) is 32.0 Å². The first-order valence-corrected chi connectivity index (χ1v) is 17.1. The fourth-order valence-electron chi connectivity index (χ4n) is 6.14. The molecule has 1 aliphatic rings. The number of hydrogen-bond donors (Lipinski definition) is 3. The van der Waals surface area contributed by atoms with Gasteiger partial charge in [0.25, 0.3) is 5.91 Å². The first-order chi connectivity index (χ1) is 24.3. The van der Waals surface area contributed by atoms with Gasteiger partial charge in [-0.05, 0) is 123 Å². The molecule has 3 amide bonds. The molecule has 1 saturated heterocycles. The molecule has 1 aromatic heterocycles. The lowest BCUT2D eigenvalue weighted by Gasteiger charge is -2.20. The number of urea groups is 1. The second-order valence-corrected chi connectivity index (χ2v) is 12.7. The van der Waals surface area contributed by atoms with E-state index in [2.05, 4.69) is 55.9 Å². The molecule has 1 unspecified atom stereocenters. The number of benzene rings is 4. The molecule has 4 aromatic carbocycles. The molecule has 0 radical (unpaired) electrons. The highest BCUT2D eigenvalue weighted by Gasteiger charge is 2.25. The smallest absolute Gasteiger partial charge is 0.328 e. The molecule has 258 valence electrons. The van der Waals surface area contributed by atoms with Gasteiger partial charge in [-0.15, -0.1) is 0 Å². The lowest BCUT2D eigenvalue weighted by molar-refractivity contribution is -0.146. The number of carbonyl (C=O) groups is 3. The summed E-state index contributed by atoms with van der Waals surface area (Å²) in [7, 11) is 0. The number of rotatable bonds is 12. The van der Waals surface area contributed by atoms with Crippen molar-refractivity contribution >= 4 is 40.2 Å². The summed E-state index contributed by atoms with van der Waals surface area (Å²) in [5, 5.41) is 9.62. The largest absolute Gasteiger partial charge is 0.464 e. The van der Waals surface area contributed by atoms with Crippen molar-refractivity contribution in [1.82, 2.24) is 14.8 Å². The van der Waals surface area contributed by atoms with Crippen LogP contribution in [-0.2, 0) is 16.1 Å². The summed E-state index contributed by atoms with van der Waals surface area (Å²) in [6.07, 6.45) is 4.75. The van der Waals surface area contributed by atoms with Gasteiger partial charge < -0.3 is 30.0 Å². The van der Waals surface area contributed by atoms with Crippen LogP contribution >= 0.6 is 0 Å². The van der Waals surface area contributed by atoms with Crippen LogP contribution in [0.25, 0.3) is 16.6 Å². The highest BCUT2D eigenvalue weighted by Crippen LogP contribution is 2.28. The fraction of sp³-hybridized carbons (Fsp3) is 0.275. The van der Waals surface area contributed by atoms with E-state index >= 15 is 0 Å². The normalized spacial score (nSPS) is 13.6. The van der Waals surface area contributed by atoms with Crippen LogP contribution < -0.4 is 20.7 Å². The maximum Gasteiger partial charge on any atom is 0.328 e. The van der Waals surface area contributed by atoms with Crippen molar-refractivity contribution in [3.63, 3.8) is 0 Å². The Balaban J connectivity index is 1.03. The molecule has 3 N–H and O–H groups in total. The van der Waals surface area contributed by atoms with Gasteiger partial charge in [0.05, 0.1) is 12.1 Å². The van der Waals surface area contributed by atoms with Crippen molar-refractivity contribution in [1.29, 1.82) is 0 Å². The number of aromatic nitrogens is 1. The molecule has 1 fully saturated rings. The SMILES string of the molecule is CCOC(=O)C(NC(=O)Nc1ccc(Oc2ccc(NC(=O)c3ccc(-n4cc(CN5CCCC5)c5ccccc54)cc3)cc2)cc1)C(C)C. The van der Waals surface area contributed by atoms with Crippen LogP contribution in [-0.4, -0.2) is 53.1 Å². The number of anilines is 2. The number of ether oxygens (including phenoxy) is 2. The van der Waals surface area contributed by atoms with Gasteiger partial charge in [0, 0.05) is 40.8 Å². The Morgan fingerprint density at radius 3 is 2.02 bits per heavy atom. The predicted octanol–water partition coefficient (Wildman–Crippen LogP) is 7.98. The van der Waals surface area contributed by atoms with Crippen LogP contribution in [0.5, 0.6) is 11.5 Å². The molecule has 1 aliphatic heterocycles. The van der Waals surface area contributed by atoms with Gasteiger partial charge >= 0.3 is 12.0 Å². The Morgan fingerprint density at radius 2 is 1.40 bits per heavy atom. The summed E-state index contributed by atoms with van der Waals surface area (Å²) in [6, 6.07) is 28.9. The molecule has 10 nitrogen and oxygen atoms in total. The summed E-state index contributed by atoms with van der Waals surface area (Å²) < 4.78 is 13.2. The fourth-order valence-corrected chi connectivity index (χ4v) is 6.14. The van der Waals surface area contributed by atoms with Gasteiger partial charge in [-0.3, -0.25) is 9.69 Å². The summed E-state index contributed by atoms with van der Waals surface area (Å²) in [4.78, 5) is 40.2. The van der Waals surface area contributed by atoms with E-state index in [4.69, 9.17) is 9.47 Å². The zero-order valence-electron chi connectivity index (χ0n) is 28.6. The Bertz CT molecular complexity index is 1930. The average Bonchev–Trinajstić information content (AvgIpc) is 3.77. The van der Waals surface area contributed by atoms with E-state index in [9.17, 15) is 14.4 Å². The number of carbonyl (C=O) groups excluding carboxylic acids is 3. The minimum absolute atomic E-state index is 0.128. The summed E-state index contributed by atoms with van der Waals surface area (Å²) in [6.45, 7) is 8.88. The van der Waals surface area contributed by atoms with Crippen LogP contribution in [0.1, 0.15) is 49.5 Å². The Hall–Kier alpha value is -5.61. The molecule has 5 aromatic rings. The standard InChI is InChI=1S/C40H43N5O5/c1-4-49-39(47)37(27(2)3)43-40(48)42-31-15-21-34(22-16-31)50-33-19-13-30(14-20-33)41-38(46)28-11-17-32(18-12-28)45-26-29(25-44-23-7-8-24-44)35-9-5-6-10-36(35)45/h5-6,9-22,26-27,37H,4,7-8,23-25H2,1-3H3,(H,41,46)(H2,42,43,48). The number of nitrogens with one attached hydrogen (secondary N) is 3. The average molecular weight is 674 g/mol. The number of amides is 3. The van der Waals surface area contributed by atoms with Crippen LogP contribution in [0.4, 0.5) is 16.2 Å². The molecule has 0 saturated carbocycles. The molecular formula is C40H43N5O5. The van der Waals surface area contributed by atoms with E-state index in [1.54, 1.807) is 55.5 Å². The Kier molecular flexibility index (Phi) is 10.8. The first-order valence-electron chi connectivity index (χ1n) is 17.1. The maximum absolute atomic E-state index is 13.1. The second kappa shape index (κ2) is 15.7. The monoisotopic (exact) mass is 673 g/mol. The van der Waals surface area contributed by atoms with Crippen LogP contribution in [0.15, 0.2) is 103 Å². The van der Waals surface area contributed by atoms with Crippen molar-refractivity contribution in [3.8, 4) is 17.2 Å². The van der Waals surface area contributed by atoms with Crippen LogP contribution in [0.3, 0.4) is 0 Å². The number of nitrogens with zero attached hydrogens (tertiary/aromatic N) is 2. The van der Waals surface area contributed by atoms with Crippen LogP contribution in [0, 0.1) is 5.92 Å². The van der Waals surface area contributed by atoms with Crippen molar-refractivity contribution in [2.24, 2.45) is 5.92 Å². The molecule has 0 aliphatic carbocycles. The van der Waals surface area contributed by atoms with Gasteiger partial charge in [-0.25, -0.2) is 9.59 Å². The maximum atomic E-state index is 13.1. The zero-order chi connectivity index (χ0) is 35.0. The number of esters is 1. The summed E-state index contributed by atoms with van der Waals surface area (Å²) >= 11 is 0. The highest BCUT2D eigenvalue weighted by molar-refractivity contribution is 6.04. The van der Waals surface area contributed by atoms with Gasteiger partial charge in [-0.2, -0.15) is 0 Å². The molecule has 6 rings (SSSR count). The number of hydrogen-bond acceptors (Lipinski definition) is 6. The van der Waals surface area contributed by atoms with Crippen LogP contribution in [0.2, 0.25) is 0 Å². The molecular weight excluding hydrogens is 630 g/mol. The zero-order valence-corrected chi connectivity index (χ0v) is 28.6. The molecule has 2 heterocycles. The van der Waals surface area contributed by atoms with Crippen molar-refractivity contribution in [3.05, 3.63) is 114 Å². The predicted molar refractivity (Wildman–Crippen MR) is 196 cm³/mol. The van der Waals surface area contributed by atoms with Crippen molar-refractivity contribution in [2.75, 3.05) is 30.3 Å². The summed E-state index contributed by atoms with van der Waals surface area (Å²) in [5.41, 5.74) is 5.22. The minimum atomic E-state index is -0.750. The highest BCUT2D eigenvalue weighted by atomic mass is 16.5. The lowest BCUT2D eigenvalue weighted by atomic mass is 10.1. The van der Waals surface area contributed by atoms with Gasteiger partial charge in [0.15, 0.2) is 0 Å². The Morgan fingerprint density at radius 1 is 0.780 bits per heavy atom. The molecule has 0 bridgehead atoms. The van der Waals surface area contributed by atoms with E-state index in [-0.39, 0.29) is 18.4 Å². The topological polar surface area (TPSA) is 114 Å². The van der Waals surface area contributed by atoms with E-state index in [0.717, 1.165) is 30.8 Å². The van der Waals surface area contributed by atoms with Crippen molar-refractivity contribution < 1.29 is 23.9 Å². The first kappa shape index (κ1) is 34.3. The number of para-hydroxylation sites is 1. The van der Waals surface area contributed by atoms with E-state index in [1.807, 2.05) is 38.1 Å². The molecule has 50 heavy (non-hydrogen) atoms. The van der Waals surface area contributed by atoms with E-state index in [0.29, 0.717) is 28.4 Å². The number of fused-ring (bicyclic) bond motifs is 1. The third-order valence-electron chi connectivity index (χ3n) is 8.75. The quantitative estimate of drug-likeness (QED) is 0.116. The van der Waals surface area contributed by atoms with Gasteiger partial charge in [0.1, 0.15) is 17.5 Å². The van der Waals surface area contributed by atoms with E-state index < -0.39 is 18.0 Å². The summed E-state index contributed by atoms with van der Waals surface area (Å²) in [5.74, 6) is 0.356. The molecule has 0 spiro atoms. The second-order valence-electron chi connectivity index (χ2n) is 12.7. The lowest BCUT2D eigenvalue weighted by Crippen LogP contribution is -2.47. The van der Waals surface area contributed by atoms with Gasteiger partial charge in [0.2, 0.25) is 0 Å². The Labute approximate surface area is 292 Å². The third-order valence-corrected chi connectivity index (χ3v) is 8.75.